The van der Waals surface area contributed by atoms with Crippen LogP contribution in [-0.4, -0.2) is 23.9 Å². The maximum Gasteiger partial charge on any atom is 0.228 e. The molecular weight excluding hydrogens is 306 g/mol. The summed E-state index contributed by atoms with van der Waals surface area (Å²) >= 11 is 0. The third-order valence-electron chi connectivity index (χ3n) is 4.01. The van der Waals surface area contributed by atoms with Crippen LogP contribution in [-0.2, 0) is 16.1 Å². The standard InChI is InChI=1S/C18H19N3O3/c1-24-14-6-4-13(5-7-14)21-18(23)16-9-15(16)17(22)20-11-12-3-2-8-19-10-12/h2-8,10,15-16H,9,11H2,1H3,(H,20,22)(H,21,23). The van der Waals surface area contributed by atoms with Crippen LogP contribution < -0.4 is 15.4 Å². The first-order valence-electron chi connectivity index (χ1n) is 7.79. The van der Waals surface area contributed by atoms with E-state index in [2.05, 4.69) is 15.6 Å². The number of nitrogens with one attached hydrogen (secondary N) is 2. The number of carbonyl (C=O) groups excluding carboxylic acids is 2. The molecule has 1 aliphatic carbocycles. The fraction of sp³-hybridized carbons (Fsp3) is 0.278. The Morgan fingerprint density at radius 2 is 1.92 bits per heavy atom. The summed E-state index contributed by atoms with van der Waals surface area (Å²) in [4.78, 5) is 28.3. The number of anilines is 1. The molecule has 2 amide bonds. The lowest BCUT2D eigenvalue weighted by molar-refractivity contribution is -0.125. The van der Waals surface area contributed by atoms with Gasteiger partial charge in [-0.1, -0.05) is 6.07 Å². The Kier molecular flexibility index (Phi) is 4.74. The summed E-state index contributed by atoms with van der Waals surface area (Å²) in [5.41, 5.74) is 1.63. The molecule has 3 rings (SSSR count). The van der Waals surface area contributed by atoms with Crippen LogP contribution in [0.15, 0.2) is 48.8 Å². The van der Waals surface area contributed by atoms with Crippen LogP contribution in [0.4, 0.5) is 5.69 Å². The van der Waals surface area contributed by atoms with Gasteiger partial charge in [-0.3, -0.25) is 14.6 Å². The van der Waals surface area contributed by atoms with Crippen molar-refractivity contribution in [3.8, 4) is 5.75 Å². The number of carbonyl (C=O) groups is 2. The summed E-state index contributed by atoms with van der Waals surface area (Å²) in [6, 6.07) is 10.8. The van der Waals surface area contributed by atoms with Gasteiger partial charge in [0, 0.05) is 24.6 Å². The van der Waals surface area contributed by atoms with E-state index in [1.54, 1.807) is 43.8 Å². The van der Waals surface area contributed by atoms with E-state index in [1.165, 1.54) is 0 Å². The average Bonchev–Trinajstić information content (AvgIpc) is 3.42. The third kappa shape index (κ3) is 3.90. The van der Waals surface area contributed by atoms with E-state index in [0.717, 1.165) is 11.3 Å². The quantitative estimate of drug-likeness (QED) is 0.851. The van der Waals surface area contributed by atoms with Crippen molar-refractivity contribution in [1.29, 1.82) is 0 Å². The number of hydrogen-bond acceptors (Lipinski definition) is 4. The molecule has 6 heteroatoms. The predicted molar refractivity (Wildman–Crippen MR) is 89.3 cm³/mol. The van der Waals surface area contributed by atoms with Crippen LogP contribution in [0.5, 0.6) is 5.75 Å². The number of ether oxygens (including phenoxy) is 1. The van der Waals surface area contributed by atoms with Crippen LogP contribution in [0.1, 0.15) is 12.0 Å². The predicted octanol–water partition coefficient (Wildman–Crippen LogP) is 1.98. The summed E-state index contributed by atoms with van der Waals surface area (Å²) in [6.45, 7) is 0.427. The minimum absolute atomic E-state index is 0.0891. The second-order valence-corrected chi connectivity index (χ2v) is 5.75. The van der Waals surface area contributed by atoms with Gasteiger partial charge in [0.2, 0.25) is 11.8 Å². The first-order valence-corrected chi connectivity index (χ1v) is 7.79. The lowest BCUT2D eigenvalue weighted by Gasteiger charge is -2.07. The van der Waals surface area contributed by atoms with Gasteiger partial charge in [-0.15, -0.1) is 0 Å². The van der Waals surface area contributed by atoms with Gasteiger partial charge in [0.1, 0.15) is 5.75 Å². The van der Waals surface area contributed by atoms with Crippen LogP contribution in [0.2, 0.25) is 0 Å². The Hall–Kier alpha value is -2.89. The van der Waals surface area contributed by atoms with Crippen LogP contribution in [0.3, 0.4) is 0 Å². The summed E-state index contributed by atoms with van der Waals surface area (Å²) < 4.78 is 5.08. The lowest BCUT2D eigenvalue weighted by atomic mass is 10.2. The van der Waals surface area contributed by atoms with Crippen LogP contribution >= 0.6 is 0 Å². The van der Waals surface area contributed by atoms with Gasteiger partial charge in [0.05, 0.1) is 18.9 Å². The highest BCUT2D eigenvalue weighted by Gasteiger charge is 2.47. The number of hydrogen-bond donors (Lipinski definition) is 2. The van der Waals surface area contributed by atoms with Gasteiger partial charge >= 0.3 is 0 Å². The number of methoxy groups -OCH3 is 1. The van der Waals surface area contributed by atoms with Crippen molar-refractivity contribution in [2.24, 2.45) is 11.8 Å². The largest absolute Gasteiger partial charge is 0.497 e. The second-order valence-electron chi connectivity index (χ2n) is 5.75. The number of aromatic nitrogens is 1. The molecule has 2 aromatic rings. The van der Waals surface area contributed by atoms with Gasteiger partial charge in [0.25, 0.3) is 0 Å². The Bertz CT molecular complexity index is 716. The molecule has 1 aromatic heterocycles. The molecule has 24 heavy (non-hydrogen) atoms. The number of amides is 2. The van der Waals surface area contributed by atoms with Gasteiger partial charge in [-0.05, 0) is 42.3 Å². The summed E-state index contributed by atoms with van der Waals surface area (Å²) in [5.74, 6) is 0.00317. The molecule has 0 bridgehead atoms. The average molecular weight is 325 g/mol. The first-order chi connectivity index (χ1) is 11.7. The molecule has 2 N–H and O–H groups in total. The highest BCUT2D eigenvalue weighted by molar-refractivity contribution is 5.99. The first kappa shape index (κ1) is 16.0. The van der Waals surface area contributed by atoms with E-state index in [9.17, 15) is 9.59 Å². The Balaban J connectivity index is 1.47. The number of benzene rings is 1. The van der Waals surface area contributed by atoms with Gasteiger partial charge in [-0.25, -0.2) is 0 Å². The SMILES string of the molecule is COc1ccc(NC(=O)C2CC2C(=O)NCc2cccnc2)cc1. The van der Waals surface area contributed by atoms with Gasteiger partial charge < -0.3 is 15.4 Å². The zero-order valence-electron chi connectivity index (χ0n) is 13.4. The maximum absolute atomic E-state index is 12.2. The van der Waals surface area contributed by atoms with Crippen molar-refractivity contribution in [1.82, 2.24) is 10.3 Å². The van der Waals surface area contributed by atoms with Crippen molar-refractivity contribution in [3.63, 3.8) is 0 Å². The Morgan fingerprint density at radius 1 is 1.17 bits per heavy atom. The second kappa shape index (κ2) is 7.12. The van der Waals surface area contributed by atoms with Crippen molar-refractivity contribution < 1.29 is 14.3 Å². The minimum atomic E-state index is -0.263. The Morgan fingerprint density at radius 3 is 2.58 bits per heavy atom. The zero-order valence-corrected chi connectivity index (χ0v) is 13.4. The molecule has 2 atom stereocenters. The highest BCUT2D eigenvalue weighted by atomic mass is 16.5. The van der Waals surface area contributed by atoms with E-state index in [4.69, 9.17) is 4.74 Å². The van der Waals surface area contributed by atoms with Crippen LogP contribution in [0, 0.1) is 11.8 Å². The molecule has 0 aliphatic heterocycles. The topological polar surface area (TPSA) is 80.3 Å². The molecule has 1 aromatic carbocycles. The molecule has 124 valence electrons. The van der Waals surface area contributed by atoms with Crippen molar-refractivity contribution in [2.45, 2.75) is 13.0 Å². The van der Waals surface area contributed by atoms with E-state index >= 15 is 0 Å². The normalized spacial score (nSPS) is 18.5. The fourth-order valence-corrected chi connectivity index (χ4v) is 2.51. The molecule has 6 nitrogen and oxygen atoms in total. The Labute approximate surface area is 140 Å². The van der Waals surface area contributed by atoms with E-state index < -0.39 is 0 Å². The molecule has 2 unspecified atom stereocenters. The van der Waals surface area contributed by atoms with Crippen molar-refractivity contribution in [3.05, 3.63) is 54.4 Å². The number of nitrogens with zero attached hydrogens (tertiary/aromatic N) is 1. The molecule has 1 heterocycles. The smallest absolute Gasteiger partial charge is 0.228 e. The lowest BCUT2D eigenvalue weighted by Crippen LogP contribution is -2.27. The van der Waals surface area contributed by atoms with E-state index in [-0.39, 0.29) is 23.7 Å². The fourth-order valence-electron chi connectivity index (χ4n) is 2.51. The monoisotopic (exact) mass is 325 g/mol. The van der Waals surface area contributed by atoms with Crippen molar-refractivity contribution in [2.75, 3.05) is 12.4 Å². The summed E-state index contributed by atoms with van der Waals surface area (Å²) in [7, 11) is 1.59. The van der Waals surface area contributed by atoms with Gasteiger partial charge in [0.15, 0.2) is 0 Å². The molecule has 1 fully saturated rings. The maximum atomic E-state index is 12.2. The number of rotatable bonds is 6. The molecule has 0 radical (unpaired) electrons. The van der Waals surface area contributed by atoms with Crippen LogP contribution in [0.25, 0.3) is 0 Å². The molecule has 1 aliphatic rings. The van der Waals surface area contributed by atoms with E-state index in [1.807, 2.05) is 12.1 Å². The molecule has 0 saturated heterocycles. The molecule has 0 spiro atoms. The van der Waals surface area contributed by atoms with E-state index in [0.29, 0.717) is 18.7 Å². The summed E-state index contributed by atoms with van der Waals surface area (Å²) in [6.07, 6.45) is 3.98. The minimum Gasteiger partial charge on any atom is -0.497 e. The van der Waals surface area contributed by atoms with Crippen molar-refractivity contribution >= 4 is 17.5 Å². The number of pyridine rings is 1. The summed E-state index contributed by atoms with van der Waals surface area (Å²) in [5, 5.41) is 5.68. The zero-order chi connectivity index (χ0) is 16.9. The molecular formula is C18H19N3O3. The van der Waals surface area contributed by atoms with Gasteiger partial charge in [-0.2, -0.15) is 0 Å². The third-order valence-corrected chi connectivity index (χ3v) is 4.01. The molecule has 1 saturated carbocycles. The highest BCUT2D eigenvalue weighted by Crippen LogP contribution is 2.39.